The van der Waals surface area contributed by atoms with Gasteiger partial charge in [0.05, 0.1) is 18.8 Å². The summed E-state index contributed by atoms with van der Waals surface area (Å²) in [6.45, 7) is 35.3. The topological polar surface area (TPSA) is 36.9 Å². The fourth-order valence-corrected chi connectivity index (χ4v) is 8.39. The minimum Gasteiger partial charge on any atom is -0.414 e. The van der Waals surface area contributed by atoms with E-state index in [9.17, 15) is 0 Å². The molecule has 0 bridgehead atoms. The van der Waals surface area contributed by atoms with Gasteiger partial charge in [-0.2, -0.15) is 0 Å². The number of thioether (sulfide) groups is 1. The first-order chi connectivity index (χ1) is 17.0. The lowest BCUT2D eigenvalue weighted by Gasteiger charge is -2.50. The molecule has 1 heterocycles. The second-order valence-electron chi connectivity index (χ2n) is 15.6. The van der Waals surface area contributed by atoms with E-state index >= 15 is 0 Å². The summed E-state index contributed by atoms with van der Waals surface area (Å²) in [5.74, 6) is 0. The van der Waals surface area contributed by atoms with Gasteiger partial charge in [0.25, 0.3) is 0 Å². The van der Waals surface area contributed by atoms with Crippen LogP contribution in [0.5, 0.6) is 0 Å². The Morgan fingerprint density at radius 2 is 1.21 bits per heavy atom. The molecule has 8 heteroatoms. The lowest BCUT2D eigenvalue weighted by molar-refractivity contribution is -0.145. The van der Waals surface area contributed by atoms with E-state index in [4.69, 9.17) is 18.0 Å². The summed E-state index contributed by atoms with van der Waals surface area (Å²) in [6.07, 6.45) is 0.445. The molecule has 0 spiro atoms. The monoisotopic (exact) mass is 598 g/mol. The van der Waals surface area contributed by atoms with Gasteiger partial charge in [-0.25, -0.2) is 0 Å². The van der Waals surface area contributed by atoms with Crippen molar-refractivity contribution in [3.05, 3.63) is 30.3 Å². The molecule has 1 aliphatic rings. The van der Waals surface area contributed by atoms with E-state index < -0.39 is 25.0 Å². The van der Waals surface area contributed by atoms with Crippen LogP contribution in [0.3, 0.4) is 0 Å². The van der Waals surface area contributed by atoms with Crippen LogP contribution in [0.1, 0.15) is 68.7 Å². The van der Waals surface area contributed by atoms with Crippen LogP contribution in [0.15, 0.2) is 35.2 Å². The predicted molar refractivity (Wildman–Crippen MR) is 173 cm³/mol. The molecule has 0 N–H and O–H groups in total. The standard InChI is InChI=1S/C30H58O4SSi3/c1-28(2,3)36(10,11)31-22-25-27(34-38(14,15)30(7,8)9)24(33-37(12,13)29(4,5)6)21-26(32-25)35-23-19-17-16-18-20-23/h16-20,24-27H,21-22H2,1-15H3/t24-,25-,26-,27-/m1/s1. The van der Waals surface area contributed by atoms with Gasteiger partial charge in [0, 0.05) is 11.3 Å². The molecular formula is C30H58O4SSi3. The smallest absolute Gasteiger partial charge is 0.192 e. The van der Waals surface area contributed by atoms with Crippen molar-refractivity contribution >= 4 is 36.7 Å². The number of hydrogen-bond donors (Lipinski definition) is 0. The third-order valence-corrected chi connectivity index (χ3v) is 24.0. The maximum atomic E-state index is 7.21. The van der Waals surface area contributed by atoms with E-state index in [2.05, 4.69) is 132 Å². The van der Waals surface area contributed by atoms with Gasteiger partial charge in [0.2, 0.25) is 0 Å². The molecule has 0 unspecified atom stereocenters. The maximum Gasteiger partial charge on any atom is 0.192 e. The quantitative estimate of drug-likeness (QED) is 0.264. The fourth-order valence-electron chi connectivity index (χ4n) is 3.60. The minimum atomic E-state index is -2.10. The Balaban J connectivity index is 2.49. The van der Waals surface area contributed by atoms with Gasteiger partial charge in [0.15, 0.2) is 25.0 Å². The van der Waals surface area contributed by atoms with Crippen LogP contribution in [-0.4, -0.2) is 55.3 Å². The van der Waals surface area contributed by atoms with Crippen molar-refractivity contribution in [1.82, 2.24) is 0 Å². The molecule has 4 atom stereocenters. The Bertz CT molecular complexity index is 885. The Labute approximate surface area is 242 Å². The molecule has 1 aromatic carbocycles. The SMILES string of the molecule is CC(C)(C)[Si](C)(C)OC[C@H]1O[C@H](Sc2ccccc2)C[C@@H](O[Si](C)(C)C(C)(C)C)[C@H]1O[Si](C)(C)C(C)(C)C. The summed E-state index contributed by atoms with van der Waals surface area (Å²) in [7, 11) is -6.13. The Morgan fingerprint density at radius 3 is 1.68 bits per heavy atom. The van der Waals surface area contributed by atoms with Crippen molar-refractivity contribution in [2.24, 2.45) is 0 Å². The van der Waals surface area contributed by atoms with Gasteiger partial charge in [-0.05, 0) is 66.5 Å². The maximum absolute atomic E-state index is 7.21. The molecule has 2 rings (SSSR count). The average molecular weight is 599 g/mol. The zero-order valence-electron chi connectivity index (χ0n) is 27.2. The molecule has 1 aromatic rings. The van der Waals surface area contributed by atoms with Crippen LogP contribution in [-0.2, 0) is 18.0 Å². The zero-order valence-corrected chi connectivity index (χ0v) is 31.0. The van der Waals surface area contributed by atoms with Gasteiger partial charge in [0.1, 0.15) is 11.5 Å². The van der Waals surface area contributed by atoms with Crippen LogP contribution in [0.4, 0.5) is 0 Å². The first-order valence-corrected chi connectivity index (χ1v) is 23.9. The van der Waals surface area contributed by atoms with Gasteiger partial charge >= 0.3 is 0 Å². The zero-order chi connectivity index (χ0) is 29.4. The highest BCUT2D eigenvalue weighted by molar-refractivity contribution is 7.99. The molecular weight excluding hydrogens is 541 g/mol. The van der Waals surface area contributed by atoms with Gasteiger partial charge < -0.3 is 18.0 Å². The van der Waals surface area contributed by atoms with E-state index in [1.165, 1.54) is 4.90 Å². The van der Waals surface area contributed by atoms with Gasteiger partial charge in [-0.1, -0.05) is 92.3 Å². The Morgan fingerprint density at radius 1 is 0.737 bits per heavy atom. The van der Waals surface area contributed by atoms with Crippen LogP contribution >= 0.6 is 11.8 Å². The molecule has 220 valence electrons. The molecule has 1 fully saturated rings. The Hall–Kier alpha value is 0.0606. The Kier molecular flexibility index (Phi) is 10.9. The molecule has 0 radical (unpaired) electrons. The summed E-state index contributed by atoms with van der Waals surface area (Å²) in [6, 6.07) is 10.6. The number of ether oxygens (including phenoxy) is 1. The third-order valence-electron chi connectivity index (χ3n) is 9.40. The summed E-state index contributed by atoms with van der Waals surface area (Å²) >= 11 is 1.79. The van der Waals surface area contributed by atoms with E-state index in [0.717, 1.165) is 6.42 Å². The number of hydrogen-bond acceptors (Lipinski definition) is 5. The second kappa shape index (κ2) is 12.1. The normalized spacial score (nSPS) is 24.5. The van der Waals surface area contributed by atoms with E-state index in [1.807, 2.05) is 0 Å². The number of rotatable bonds is 9. The van der Waals surface area contributed by atoms with Gasteiger partial charge in [-0.15, -0.1) is 0 Å². The average Bonchev–Trinajstić information content (AvgIpc) is 2.72. The molecule has 1 aliphatic heterocycles. The van der Waals surface area contributed by atoms with Crippen LogP contribution in [0.2, 0.25) is 54.4 Å². The van der Waals surface area contributed by atoms with Crippen molar-refractivity contribution < 1.29 is 18.0 Å². The molecule has 4 nitrogen and oxygen atoms in total. The molecule has 38 heavy (non-hydrogen) atoms. The third kappa shape index (κ3) is 8.78. The van der Waals surface area contributed by atoms with Crippen LogP contribution in [0.25, 0.3) is 0 Å². The molecule has 0 amide bonds. The number of benzene rings is 1. The molecule has 0 aliphatic carbocycles. The van der Waals surface area contributed by atoms with Crippen LogP contribution < -0.4 is 0 Å². The first kappa shape index (κ1) is 34.3. The summed E-state index contributed by atoms with van der Waals surface area (Å²) < 4.78 is 28.1. The van der Waals surface area contributed by atoms with Crippen molar-refractivity contribution in [2.75, 3.05) is 6.61 Å². The highest BCUT2D eigenvalue weighted by Crippen LogP contribution is 2.45. The highest BCUT2D eigenvalue weighted by Gasteiger charge is 2.51. The van der Waals surface area contributed by atoms with Crippen LogP contribution in [0, 0.1) is 0 Å². The summed E-state index contributed by atoms with van der Waals surface area (Å²) in [5.41, 5.74) is -0.0144. The predicted octanol–water partition coefficient (Wildman–Crippen LogP) is 9.70. The van der Waals surface area contributed by atoms with E-state index in [0.29, 0.717) is 6.61 Å². The highest BCUT2D eigenvalue weighted by atomic mass is 32.2. The molecule has 0 aromatic heterocycles. The van der Waals surface area contributed by atoms with E-state index in [1.54, 1.807) is 11.8 Å². The van der Waals surface area contributed by atoms with Crippen molar-refractivity contribution in [3.8, 4) is 0 Å². The minimum absolute atomic E-state index is 0.0144. The van der Waals surface area contributed by atoms with Crippen molar-refractivity contribution in [1.29, 1.82) is 0 Å². The second-order valence-corrected chi connectivity index (χ2v) is 31.2. The van der Waals surface area contributed by atoms with Gasteiger partial charge in [-0.3, -0.25) is 0 Å². The first-order valence-electron chi connectivity index (χ1n) is 14.3. The molecule has 1 saturated heterocycles. The fraction of sp³-hybridized carbons (Fsp3) is 0.800. The summed E-state index contributed by atoms with van der Waals surface area (Å²) in [5, 5.41) is 0.337. The largest absolute Gasteiger partial charge is 0.414 e. The lowest BCUT2D eigenvalue weighted by atomic mass is 10.0. The summed E-state index contributed by atoms with van der Waals surface area (Å²) in [4.78, 5) is 1.22. The lowest BCUT2D eigenvalue weighted by Crippen LogP contribution is -2.60. The molecule has 0 saturated carbocycles. The van der Waals surface area contributed by atoms with E-state index in [-0.39, 0.29) is 38.9 Å². The van der Waals surface area contributed by atoms with Crippen molar-refractivity contribution in [2.45, 2.75) is 152 Å². The van der Waals surface area contributed by atoms with Crippen molar-refractivity contribution in [3.63, 3.8) is 0 Å².